The summed E-state index contributed by atoms with van der Waals surface area (Å²) in [6.07, 6.45) is 13.6. The van der Waals surface area contributed by atoms with Crippen LogP contribution in [0.3, 0.4) is 0 Å². The number of esters is 1. The SMILES string of the molecule is CCCCC(=O)C1CCC(COC2CCC(c3ccc(-c4ccc(OC(=O)CCC)cc4)cc3)CC2)CC1. The van der Waals surface area contributed by atoms with Crippen molar-refractivity contribution in [2.75, 3.05) is 6.61 Å². The van der Waals surface area contributed by atoms with Gasteiger partial charge in [-0.05, 0) is 105 Å². The van der Waals surface area contributed by atoms with Gasteiger partial charge in [-0.3, -0.25) is 9.59 Å². The van der Waals surface area contributed by atoms with Crippen molar-refractivity contribution in [1.29, 1.82) is 0 Å². The summed E-state index contributed by atoms with van der Waals surface area (Å²) in [5, 5.41) is 0. The number of hydrogen-bond acceptors (Lipinski definition) is 4. The fourth-order valence-corrected chi connectivity index (χ4v) is 6.09. The standard InChI is InChI=1S/C34H46O4/c1-3-5-7-33(35)30-10-8-25(9-11-30)24-37-31-20-16-28(17-21-31)26-12-14-27(15-13-26)29-18-22-32(23-19-29)38-34(36)6-4-2/h12-15,18-19,22-23,25,28,30-31H,3-11,16-17,20-21,24H2,1-2H3. The maximum atomic E-state index is 12.3. The van der Waals surface area contributed by atoms with E-state index in [4.69, 9.17) is 9.47 Å². The molecule has 0 aromatic heterocycles. The first-order chi connectivity index (χ1) is 18.6. The summed E-state index contributed by atoms with van der Waals surface area (Å²) >= 11 is 0. The van der Waals surface area contributed by atoms with Crippen molar-refractivity contribution in [1.82, 2.24) is 0 Å². The molecule has 4 rings (SSSR count). The van der Waals surface area contributed by atoms with E-state index in [2.05, 4.69) is 31.2 Å². The zero-order chi connectivity index (χ0) is 26.7. The Morgan fingerprint density at radius 1 is 0.737 bits per heavy atom. The number of carbonyl (C=O) groups is 2. The number of rotatable bonds is 12. The average molecular weight is 519 g/mol. The molecule has 2 aromatic rings. The molecule has 0 unspecified atom stereocenters. The number of carbonyl (C=O) groups excluding carboxylic acids is 2. The van der Waals surface area contributed by atoms with Gasteiger partial charge in [0.25, 0.3) is 0 Å². The highest BCUT2D eigenvalue weighted by Crippen LogP contribution is 2.36. The van der Waals surface area contributed by atoms with E-state index in [9.17, 15) is 9.59 Å². The minimum absolute atomic E-state index is 0.178. The van der Waals surface area contributed by atoms with Crippen LogP contribution in [0.5, 0.6) is 5.75 Å². The molecule has 4 heteroatoms. The highest BCUT2D eigenvalue weighted by molar-refractivity contribution is 5.81. The van der Waals surface area contributed by atoms with E-state index in [1.54, 1.807) is 0 Å². The van der Waals surface area contributed by atoms with Gasteiger partial charge in [-0.15, -0.1) is 0 Å². The molecule has 2 aromatic carbocycles. The summed E-state index contributed by atoms with van der Waals surface area (Å²) in [6, 6.07) is 16.7. The van der Waals surface area contributed by atoms with Gasteiger partial charge in [0.2, 0.25) is 0 Å². The highest BCUT2D eigenvalue weighted by atomic mass is 16.5. The van der Waals surface area contributed by atoms with Gasteiger partial charge in [0.15, 0.2) is 0 Å². The maximum absolute atomic E-state index is 12.3. The van der Waals surface area contributed by atoms with Gasteiger partial charge in [-0.2, -0.15) is 0 Å². The van der Waals surface area contributed by atoms with Gasteiger partial charge in [-0.1, -0.05) is 56.7 Å². The van der Waals surface area contributed by atoms with E-state index in [-0.39, 0.29) is 5.97 Å². The molecule has 2 aliphatic carbocycles. The van der Waals surface area contributed by atoms with Crippen LogP contribution in [0.1, 0.15) is 109 Å². The first kappa shape index (κ1) is 28.5. The van der Waals surface area contributed by atoms with Crippen LogP contribution in [-0.2, 0) is 14.3 Å². The quantitative estimate of drug-likeness (QED) is 0.208. The molecule has 38 heavy (non-hydrogen) atoms. The molecule has 0 heterocycles. The number of unbranched alkanes of at least 4 members (excludes halogenated alkanes) is 1. The number of ether oxygens (including phenoxy) is 2. The van der Waals surface area contributed by atoms with E-state index in [1.807, 2.05) is 31.2 Å². The molecule has 0 aliphatic heterocycles. The molecule has 2 fully saturated rings. The minimum atomic E-state index is -0.178. The summed E-state index contributed by atoms with van der Waals surface area (Å²) in [5.74, 6) is 2.48. The molecule has 0 saturated heterocycles. The van der Waals surface area contributed by atoms with E-state index in [1.165, 1.54) is 24.0 Å². The number of benzene rings is 2. The van der Waals surface area contributed by atoms with Crippen molar-refractivity contribution >= 4 is 11.8 Å². The smallest absolute Gasteiger partial charge is 0.311 e. The first-order valence-corrected chi connectivity index (χ1v) is 15.1. The predicted molar refractivity (Wildman–Crippen MR) is 153 cm³/mol. The Morgan fingerprint density at radius 2 is 1.37 bits per heavy atom. The maximum Gasteiger partial charge on any atom is 0.311 e. The molecule has 0 bridgehead atoms. The Morgan fingerprint density at radius 3 is 1.97 bits per heavy atom. The summed E-state index contributed by atoms with van der Waals surface area (Å²) in [7, 11) is 0. The fraction of sp³-hybridized carbons (Fsp3) is 0.588. The molecular weight excluding hydrogens is 472 g/mol. The van der Waals surface area contributed by atoms with Crippen LogP contribution in [0.15, 0.2) is 48.5 Å². The molecule has 4 nitrogen and oxygen atoms in total. The van der Waals surface area contributed by atoms with E-state index in [0.29, 0.717) is 41.8 Å². The van der Waals surface area contributed by atoms with Gasteiger partial charge >= 0.3 is 5.97 Å². The van der Waals surface area contributed by atoms with Crippen LogP contribution in [-0.4, -0.2) is 24.5 Å². The molecule has 0 amide bonds. The molecule has 2 saturated carbocycles. The molecule has 0 N–H and O–H groups in total. The second-order valence-corrected chi connectivity index (χ2v) is 11.5. The summed E-state index contributed by atoms with van der Waals surface area (Å²) in [4.78, 5) is 24.0. The van der Waals surface area contributed by atoms with Crippen LogP contribution in [0.2, 0.25) is 0 Å². The Labute approximate surface area is 229 Å². The molecule has 0 radical (unpaired) electrons. The molecule has 2 aliphatic rings. The average Bonchev–Trinajstić information content (AvgIpc) is 2.96. The van der Waals surface area contributed by atoms with E-state index < -0.39 is 0 Å². The second-order valence-electron chi connectivity index (χ2n) is 11.5. The minimum Gasteiger partial charge on any atom is -0.427 e. The zero-order valence-corrected chi connectivity index (χ0v) is 23.5. The summed E-state index contributed by atoms with van der Waals surface area (Å²) in [6.45, 7) is 5.00. The Bertz CT molecular complexity index is 994. The second kappa shape index (κ2) is 14.6. The molecule has 0 spiro atoms. The topological polar surface area (TPSA) is 52.6 Å². The summed E-state index contributed by atoms with van der Waals surface area (Å²) in [5.41, 5.74) is 3.73. The van der Waals surface area contributed by atoms with Crippen molar-refractivity contribution in [3.63, 3.8) is 0 Å². The fourth-order valence-electron chi connectivity index (χ4n) is 6.09. The van der Waals surface area contributed by atoms with Crippen LogP contribution in [0.4, 0.5) is 0 Å². The predicted octanol–water partition coefficient (Wildman–Crippen LogP) is 8.67. The van der Waals surface area contributed by atoms with Crippen LogP contribution in [0, 0.1) is 11.8 Å². The van der Waals surface area contributed by atoms with E-state index in [0.717, 1.165) is 76.4 Å². The largest absolute Gasteiger partial charge is 0.427 e. The van der Waals surface area contributed by atoms with Crippen molar-refractivity contribution in [2.45, 2.75) is 109 Å². The van der Waals surface area contributed by atoms with Crippen LogP contribution >= 0.6 is 0 Å². The number of hydrogen-bond donors (Lipinski definition) is 0. The molecular formula is C34H46O4. The van der Waals surface area contributed by atoms with Gasteiger partial charge in [0.05, 0.1) is 6.10 Å². The van der Waals surface area contributed by atoms with Gasteiger partial charge < -0.3 is 9.47 Å². The molecule has 0 atom stereocenters. The number of Topliss-reactive ketones (excluding diaryl/α,β-unsaturated/α-hetero) is 1. The van der Waals surface area contributed by atoms with Gasteiger partial charge in [0, 0.05) is 25.4 Å². The lowest BCUT2D eigenvalue weighted by molar-refractivity contribution is -0.134. The van der Waals surface area contributed by atoms with Crippen molar-refractivity contribution in [3.8, 4) is 16.9 Å². The monoisotopic (exact) mass is 518 g/mol. The third kappa shape index (κ3) is 8.27. The lowest BCUT2D eigenvalue weighted by atomic mass is 9.79. The zero-order valence-electron chi connectivity index (χ0n) is 23.5. The van der Waals surface area contributed by atoms with Crippen molar-refractivity contribution in [3.05, 3.63) is 54.1 Å². The van der Waals surface area contributed by atoms with Crippen molar-refractivity contribution < 1.29 is 19.1 Å². The third-order valence-corrected chi connectivity index (χ3v) is 8.58. The van der Waals surface area contributed by atoms with Gasteiger partial charge in [0.1, 0.15) is 11.5 Å². The Kier molecular flexibility index (Phi) is 11.0. The molecule has 206 valence electrons. The lowest BCUT2D eigenvalue weighted by Gasteiger charge is -2.32. The summed E-state index contributed by atoms with van der Waals surface area (Å²) < 4.78 is 11.7. The van der Waals surface area contributed by atoms with E-state index >= 15 is 0 Å². The number of ketones is 1. The van der Waals surface area contributed by atoms with Crippen LogP contribution < -0.4 is 4.74 Å². The van der Waals surface area contributed by atoms with Gasteiger partial charge in [-0.25, -0.2) is 0 Å². The Balaban J connectivity index is 1.17. The first-order valence-electron chi connectivity index (χ1n) is 15.1. The normalized spacial score (nSPS) is 23.6. The third-order valence-electron chi connectivity index (χ3n) is 8.58. The highest BCUT2D eigenvalue weighted by Gasteiger charge is 2.28. The van der Waals surface area contributed by atoms with Crippen molar-refractivity contribution in [2.24, 2.45) is 11.8 Å². The Hall–Kier alpha value is -2.46. The lowest BCUT2D eigenvalue weighted by Crippen LogP contribution is -2.27. The van der Waals surface area contributed by atoms with Crippen LogP contribution in [0.25, 0.3) is 11.1 Å².